The van der Waals surface area contributed by atoms with Crippen LogP contribution in [0.25, 0.3) is 0 Å². The third-order valence-corrected chi connectivity index (χ3v) is 1.59. The second-order valence-corrected chi connectivity index (χ2v) is 2.61. The monoisotopic (exact) mass is 222 g/mol. The van der Waals surface area contributed by atoms with Gasteiger partial charge >= 0.3 is 5.97 Å². The summed E-state index contributed by atoms with van der Waals surface area (Å²) in [7, 11) is 0. The SMILES string of the molecule is CCCCOC(=O)C(=O)CBr. The average molecular weight is 223 g/mol. The van der Waals surface area contributed by atoms with Crippen LogP contribution in [0.2, 0.25) is 0 Å². The zero-order valence-electron chi connectivity index (χ0n) is 6.43. The molecule has 0 amide bonds. The number of hydrogen-bond acceptors (Lipinski definition) is 3. The van der Waals surface area contributed by atoms with Gasteiger partial charge in [0.1, 0.15) is 0 Å². The Kier molecular flexibility index (Phi) is 6.12. The molecule has 0 aromatic rings. The highest BCUT2D eigenvalue weighted by Gasteiger charge is 2.12. The topological polar surface area (TPSA) is 43.4 Å². The number of esters is 1. The molecule has 0 saturated heterocycles. The molecule has 0 bridgehead atoms. The van der Waals surface area contributed by atoms with E-state index in [1.165, 1.54) is 0 Å². The average Bonchev–Trinajstić information content (AvgIpc) is 2.03. The van der Waals surface area contributed by atoms with Crippen LogP contribution in [0, 0.1) is 0 Å². The fourth-order valence-corrected chi connectivity index (χ4v) is 0.673. The Morgan fingerprint density at radius 1 is 1.45 bits per heavy atom. The molecule has 0 atom stereocenters. The molecule has 0 heterocycles. The summed E-state index contributed by atoms with van der Waals surface area (Å²) in [6.07, 6.45) is 1.76. The molecule has 0 aromatic heterocycles. The molecule has 11 heavy (non-hydrogen) atoms. The molecule has 4 heteroatoms. The molecule has 0 aliphatic rings. The van der Waals surface area contributed by atoms with Crippen LogP contribution in [0.4, 0.5) is 0 Å². The van der Waals surface area contributed by atoms with Crippen molar-refractivity contribution in [2.45, 2.75) is 19.8 Å². The van der Waals surface area contributed by atoms with Gasteiger partial charge < -0.3 is 4.74 Å². The molecule has 0 spiro atoms. The second kappa shape index (κ2) is 6.34. The van der Waals surface area contributed by atoms with Crippen LogP contribution in [0.1, 0.15) is 19.8 Å². The normalized spacial score (nSPS) is 9.27. The van der Waals surface area contributed by atoms with Gasteiger partial charge in [0.25, 0.3) is 0 Å². The zero-order valence-corrected chi connectivity index (χ0v) is 8.02. The van der Waals surface area contributed by atoms with Gasteiger partial charge in [-0.2, -0.15) is 0 Å². The standard InChI is InChI=1S/C7H11BrO3/c1-2-3-4-11-7(10)6(9)5-8/h2-5H2,1H3. The van der Waals surface area contributed by atoms with E-state index in [-0.39, 0.29) is 5.33 Å². The van der Waals surface area contributed by atoms with Gasteiger partial charge in [0.15, 0.2) is 0 Å². The Morgan fingerprint density at radius 3 is 2.55 bits per heavy atom. The number of Topliss-reactive ketones (excluding diaryl/α,β-unsaturated/α-hetero) is 1. The third-order valence-electron chi connectivity index (χ3n) is 1.08. The van der Waals surface area contributed by atoms with Crippen LogP contribution in [0.15, 0.2) is 0 Å². The van der Waals surface area contributed by atoms with Gasteiger partial charge in [0, 0.05) is 0 Å². The molecular weight excluding hydrogens is 212 g/mol. The van der Waals surface area contributed by atoms with Crippen LogP contribution in [-0.4, -0.2) is 23.7 Å². The first-order valence-corrected chi connectivity index (χ1v) is 4.60. The predicted molar refractivity (Wildman–Crippen MR) is 44.7 cm³/mol. The number of alkyl halides is 1. The van der Waals surface area contributed by atoms with E-state index in [1.54, 1.807) is 0 Å². The number of rotatable bonds is 5. The Hall–Kier alpha value is -0.380. The molecule has 0 fully saturated rings. The van der Waals surface area contributed by atoms with Gasteiger partial charge in [-0.1, -0.05) is 29.3 Å². The maximum absolute atomic E-state index is 10.6. The summed E-state index contributed by atoms with van der Waals surface area (Å²) in [6.45, 7) is 2.33. The number of hydrogen-bond donors (Lipinski definition) is 0. The lowest BCUT2D eigenvalue weighted by Gasteiger charge is -1.99. The van der Waals surface area contributed by atoms with Crippen molar-refractivity contribution in [1.29, 1.82) is 0 Å². The molecule has 0 aliphatic carbocycles. The predicted octanol–water partition coefficient (Wildman–Crippen LogP) is 1.29. The number of carbonyl (C=O) groups excluding carboxylic acids is 2. The maximum Gasteiger partial charge on any atom is 0.375 e. The van der Waals surface area contributed by atoms with E-state index < -0.39 is 11.8 Å². The van der Waals surface area contributed by atoms with Crippen molar-refractivity contribution in [2.75, 3.05) is 11.9 Å². The molecule has 64 valence electrons. The summed E-state index contributed by atoms with van der Waals surface area (Å²) in [5, 5.41) is 0.0396. The van der Waals surface area contributed by atoms with Crippen molar-refractivity contribution in [3.8, 4) is 0 Å². The summed E-state index contributed by atoms with van der Waals surface area (Å²) >= 11 is 2.87. The van der Waals surface area contributed by atoms with Crippen molar-refractivity contribution in [3.05, 3.63) is 0 Å². The third kappa shape index (κ3) is 4.95. The molecular formula is C7H11BrO3. The van der Waals surface area contributed by atoms with Crippen LogP contribution in [0.3, 0.4) is 0 Å². The zero-order chi connectivity index (χ0) is 8.69. The van der Waals surface area contributed by atoms with Crippen molar-refractivity contribution >= 4 is 27.7 Å². The maximum atomic E-state index is 10.6. The van der Waals surface area contributed by atoms with E-state index in [2.05, 4.69) is 20.7 Å². The van der Waals surface area contributed by atoms with Crippen LogP contribution in [0.5, 0.6) is 0 Å². The van der Waals surface area contributed by atoms with Gasteiger partial charge in [-0.3, -0.25) is 4.79 Å². The van der Waals surface area contributed by atoms with Crippen molar-refractivity contribution < 1.29 is 14.3 Å². The number of halogens is 1. The smallest absolute Gasteiger partial charge is 0.375 e. The highest BCUT2D eigenvalue weighted by atomic mass is 79.9. The van der Waals surface area contributed by atoms with Gasteiger partial charge in [0.2, 0.25) is 5.78 Å². The minimum atomic E-state index is -0.740. The first-order chi connectivity index (χ1) is 5.22. The lowest BCUT2D eigenvalue weighted by atomic mass is 10.4. The molecule has 0 aromatic carbocycles. The molecule has 0 aliphatic heterocycles. The second-order valence-electron chi connectivity index (χ2n) is 2.05. The molecule has 0 rings (SSSR count). The van der Waals surface area contributed by atoms with Crippen molar-refractivity contribution in [2.24, 2.45) is 0 Å². The van der Waals surface area contributed by atoms with Crippen molar-refractivity contribution in [1.82, 2.24) is 0 Å². The van der Waals surface area contributed by atoms with Gasteiger partial charge in [0.05, 0.1) is 11.9 Å². The van der Waals surface area contributed by atoms with Gasteiger partial charge in [-0.15, -0.1) is 0 Å². The lowest BCUT2D eigenvalue weighted by molar-refractivity contribution is -0.152. The highest BCUT2D eigenvalue weighted by Crippen LogP contribution is 1.91. The van der Waals surface area contributed by atoms with Crippen LogP contribution in [-0.2, 0) is 14.3 Å². The van der Waals surface area contributed by atoms with E-state index in [9.17, 15) is 9.59 Å². The quantitative estimate of drug-likeness (QED) is 0.305. The lowest BCUT2D eigenvalue weighted by Crippen LogP contribution is -2.18. The number of unbranched alkanes of at least 4 members (excludes halogenated alkanes) is 1. The summed E-state index contributed by atoms with van der Waals surface area (Å²) in [5.74, 6) is -1.27. The number of ketones is 1. The fourth-order valence-electron chi connectivity index (χ4n) is 0.444. The summed E-state index contributed by atoms with van der Waals surface area (Å²) < 4.78 is 4.62. The summed E-state index contributed by atoms with van der Waals surface area (Å²) in [4.78, 5) is 21.2. The first-order valence-electron chi connectivity index (χ1n) is 3.48. The molecule has 0 unspecified atom stereocenters. The molecule has 0 saturated carbocycles. The Labute approximate surface area is 74.2 Å². The minimum Gasteiger partial charge on any atom is -0.460 e. The Bertz CT molecular complexity index is 145. The van der Waals surface area contributed by atoms with Crippen LogP contribution >= 0.6 is 15.9 Å². The summed E-state index contributed by atoms with van der Waals surface area (Å²) in [5.41, 5.74) is 0. The van der Waals surface area contributed by atoms with E-state index in [1.807, 2.05) is 6.92 Å². The Balaban J connectivity index is 3.44. The van der Waals surface area contributed by atoms with E-state index in [0.717, 1.165) is 12.8 Å². The van der Waals surface area contributed by atoms with Gasteiger partial charge in [-0.05, 0) is 6.42 Å². The first kappa shape index (κ1) is 10.6. The van der Waals surface area contributed by atoms with Crippen molar-refractivity contribution in [3.63, 3.8) is 0 Å². The minimum absolute atomic E-state index is 0.0396. The molecule has 0 radical (unpaired) electrons. The van der Waals surface area contributed by atoms with E-state index in [0.29, 0.717) is 6.61 Å². The highest BCUT2D eigenvalue weighted by molar-refractivity contribution is 9.09. The molecule has 0 N–H and O–H groups in total. The molecule has 3 nitrogen and oxygen atoms in total. The van der Waals surface area contributed by atoms with Gasteiger partial charge in [-0.25, -0.2) is 4.79 Å². The Morgan fingerprint density at radius 2 is 2.09 bits per heavy atom. The number of ether oxygens (including phenoxy) is 1. The summed E-state index contributed by atoms with van der Waals surface area (Å²) in [6, 6.07) is 0. The van der Waals surface area contributed by atoms with E-state index >= 15 is 0 Å². The van der Waals surface area contributed by atoms with E-state index in [4.69, 9.17) is 0 Å². The largest absolute Gasteiger partial charge is 0.460 e. The van der Waals surface area contributed by atoms with Crippen LogP contribution < -0.4 is 0 Å². The number of carbonyl (C=O) groups is 2. The fraction of sp³-hybridized carbons (Fsp3) is 0.714.